The molecule has 148 valence electrons. The van der Waals surface area contributed by atoms with Crippen LogP contribution in [0.5, 0.6) is 0 Å². The molecule has 4 heteroatoms. The van der Waals surface area contributed by atoms with Gasteiger partial charge in [-0.1, -0.05) is 60.7 Å². The van der Waals surface area contributed by atoms with Crippen LogP contribution < -0.4 is 5.32 Å². The molecule has 4 rings (SSSR count). The molecule has 2 aliphatic heterocycles. The van der Waals surface area contributed by atoms with Gasteiger partial charge in [-0.2, -0.15) is 0 Å². The van der Waals surface area contributed by atoms with Gasteiger partial charge in [0.2, 0.25) is 5.91 Å². The second-order valence-electron chi connectivity index (χ2n) is 7.85. The molecule has 0 radical (unpaired) electrons. The van der Waals surface area contributed by atoms with E-state index in [1.165, 1.54) is 0 Å². The summed E-state index contributed by atoms with van der Waals surface area (Å²) in [4.78, 5) is 13.5. The Morgan fingerprint density at radius 3 is 2.00 bits per heavy atom. The Kier molecular flexibility index (Phi) is 6.40. The normalized spacial score (nSPS) is 23.5. The Balaban J connectivity index is 1.54. The van der Waals surface area contributed by atoms with Gasteiger partial charge >= 0.3 is 0 Å². The van der Waals surface area contributed by atoms with E-state index >= 15 is 0 Å². The summed E-state index contributed by atoms with van der Waals surface area (Å²) in [6.45, 7) is 3.08. The van der Waals surface area contributed by atoms with Gasteiger partial charge in [-0.05, 0) is 36.3 Å². The Morgan fingerprint density at radius 2 is 1.39 bits per heavy atom. The average Bonchev–Trinajstić information content (AvgIpc) is 2.76. The molecule has 2 aromatic carbocycles. The van der Waals surface area contributed by atoms with E-state index in [0.717, 1.165) is 50.2 Å². The van der Waals surface area contributed by atoms with Crippen molar-refractivity contribution in [3.8, 4) is 0 Å². The molecule has 2 fully saturated rings. The number of amides is 1. The monoisotopic (exact) mass is 379 g/mol. The Hall–Kier alpha value is -2.17. The van der Waals surface area contributed by atoms with Crippen LogP contribution in [0.3, 0.4) is 0 Å². The second kappa shape index (κ2) is 9.35. The third-order valence-corrected chi connectivity index (χ3v) is 6.13. The summed E-state index contributed by atoms with van der Waals surface area (Å²) in [7, 11) is 0. The van der Waals surface area contributed by atoms with E-state index < -0.39 is 0 Å². The molecular weight excluding hydrogens is 350 g/mol. The third kappa shape index (κ3) is 4.45. The minimum atomic E-state index is -0.291. The van der Waals surface area contributed by atoms with Gasteiger partial charge in [0.1, 0.15) is 0 Å². The number of benzene rings is 2. The van der Waals surface area contributed by atoms with E-state index in [0.29, 0.717) is 18.4 Å². The lowest BCUT2D eigenvalue weighted by Crippen LogP contribution is -2.50. The van der Waals surface area contributed by atoms with Crippen molar-refractivity contribution < 1.29 is 14.3 Å². The maximum atomic E-state index is 13.5. The van der Waals surface area contributed by atoms with Crippen molar-refractivity contribution in [1.82, 2.24) is 5.32 Å². The number of hydrogen-bond donors (Lipinski definition) is 1. The molecule has 0 bridgehead atoms. The van der Waals surface area contributed by atoms with Crippen molar-refractivity contribution >= 4 is 5.91 Å². The SMILES string of the molecule is O=C(N[C@H]1CCOC[C@H]1C1CCOCC1)C(c1ccccc1)c1ccccc1. The van der Waals surface area contributed by atoms with Gasteiger partial charge in [-0.25, -0.2) is 0 Å². The van der Waals surface area contributed by atoms with Crippen molar-refractivity contribution in [2.24, 2.45) is 11.8 Å². The lowest BCUT2D eigenvalue weighted by Gasteiger charge is -2.39. The molecule has 2 atom stereocenters. The van der Waals surface area contributed by atoms with Crippen molar-refractivity contribution in [2.45, 2.75) is 31.2 Å². The fourth-order valence-corrected chi connectivity index (χ4v) is 4.60. The highest BCUT2D eigenvalue weighted by Gasteiger charge is 2.35. The first-order chi connectivity index (χ1) is 13.8. The van der Waals surface area contributed by atoms with E-state index in [9.17, 15) is 4.79 Å². The quantitative estimate of drug-likeness (QED) is 0.860. The molecule has 2 aliphatic rings. The zero-order valence-corrected chi connectivity index (χ0v) is 16.3. The highest BCUT2D eigenvalue weighted by Crippen LogP contribution is 2.32. The van der Waals surface area contributed by atoms with Crippen LogP contribution in [-0.4, -0.2) is 38.4 Å². The summed E-state index contributed by atoms with van der Waals surface area (Å²) in [6, 6.07) is 20.3. The van der Waals surface area contributed by atoms with Gasteiger partial charge in [0, 0.05) is 31.8 Å². The topological polar surface area (TPSA) is 47.6 Å². The van der Waals surface area contributed by atoms with Crippen LogP contribution in [0.4, 0.5) is 0 Å². The number of hydrogen-bond acceptors (Lipinski definition) is 3. The van der Waals surface area contributed by atoms with E-state index in [2.05, 4.69) is 5.32 Å². The predicted molar refractivity (Wildman–Crippen MR) is 109 cm³/mol. The zero-order valence-electron chi connectivity index (χ0n) is 16.3. The van der Waals surface area contributed by atoms with Crippen molar-refractivity contribution in [1.29, 1.82) is 0 Å². The predicted octanol–water partition coefficient (Wildman–Crippen LogP) is 3.77. The summed E-state index contributed by atoms with van der Waals surface area (Å²) in [5.41, 5.74) is 2.06. The van der Waals surface area contributed by atoms with Crippen molar-refractivity contribution in [3.05, 3.63) is 71.8 Å². The molecule has 0 aromatic heterocycles. The second-order valence-corrected chi connectivity index (χ2v) is 7.85. The maximum Gasteiger partial charge on any atom is 0.232 e. The summed E-state index contributed by atoms with van der Waals surface area (Å²) >= 11 is 0. The van der Waals surface area contributed by atoms with E-state index in [1.807, 2.05) is 60.7 Å². The largest absolute Gasteiger partial charge is 0.381 e. The molecule has 0 unspecified atom stereocenters. The Morgan fingerprint density at radius 1 is 0.821 bits per heavy atom. The minimum absolute atomic E-state index is 0.0846. The van der Waals surface area contributed by atoms with Gasteiger partial charge in [-0.15, -0.1) is 0 Å². The number of ether oxygens (including phenoxy) is 2. The molecule has 2 aromatic rings. The molecule has 2 saturated heterocycles. The summed E-state index contributed by atoms with van der Waals surface area (Å²) in [5, 5.41) is 3.40. The fourth-order valence-electron chi connectivity index (χ4n) is 4.60. The van der Waals surface area contributed by atoms with Crippen molar-refractivity contribution in [3.63, 3.8) is 0 Å². The zero-order chi connectivity index (χ0) is 19.2. The lowest BCUT2D eigenvalue weighted by molar-refractivity contribution is -0.124. The van der Waals surface area contributed by atoms with Gasteiger partial charge in [0.25, 0.3) is 0 Å². The van der Waals surface area contributed by atoms with Crippen LogP contribution in [0.2, 0.25) is 0 Å². The molecule has 1 N–H and O–H groups in total. The van der Waals surface area contributed by atoms with Crippen LogP contribution in [0.15, 0.2) is 60.7 Å². The van der Waals surface area contributed by atoms with Gasteiger partial charge in [0.05, 0.1) is 12.5 Å². The molecule has 0 aliphatic carbocycles. The number of nitrogens with one attached hydrogen (secondary N) is 1. The minimum Gasteiger partial charge on any atom is -0.381 e. The molecule has 0 saturated carbocycles. The van der Waals surface area contributed by atoms with Crippen LogP contribution in [-0.2, 0) is 14.3 Å². The first-order valence-corrected chi connectivity index (χ1v) is 10.4. The number of rotatable bonds is 5. The first-order valence-electron chi connectivity index (χ1n) is 10.4. The van der Waals surface area contributed by atoms with Crippen LogP contribution in [0, 0.1) is 11.8 Å². The molecule has 4 nitrogen and oxygen atoms in total. The van der Waals surface area contributed by atoms with E-state index in [1.54, 1.807) is 0 Å². The Bertz CT molecular complexity index is 703. The average molecular weight is 380 g/mol. The van der Waals surface area contributed by atoms with Gasteiger partial charge < -0.3 is 14.8 Å². The Labute approximate surface area is 167 Å². The summed E-state index contributed by atoms with van der Waals surface area (Å²) in [6.07, 6.45) is 2.99. The summed E-state index contributed by atoms with van der Waals surface area (Å²) < 4.78 is 11.3. The number of carbonyl (C=O) groups excluding carboxylic acids is 1. The van der Waals surface area contributed by atoms with Gasteiger partial charge in [0.15, 0.2) is 0 Å². The van der Waals surface area contributed by atoms with Gasteiger partial charge in [-0.3, -0.25) is 4.79 Å². The lowest BCUT2D eigenvalue weighted by atomic mass is 9.79. The summed E-state index contributed by atoms with van der Waals surface area (Å²) in [5.74, 6) is 0.724. The first kappa shape index (κ1) is 19.2. The molecule has 28 heavy (non-hydrogen) atoms. The highest BCUT2D eigenvalue weighted by atomic mass is 16.5. The molecule has 2 heterocycles. The van der Waals surface area contributed by atoms with Crippen LogP contribution in [0.1, 0.15) is 36.3 Å². The maximum absolute atomic E-state index is 13.5. The molecule has 0 spiro atoms. The standard InChI is InChI=1S/C24H29NO3/c26-24(23(19-7-3-1-4-8-19)20-9-5-2-6-10-20)25-22-13-16-28-17-21(22)18-11-14-27-15-12-18/h1-10,18,21-23H,11-17H2,(H,25,26)/t21-,22-/m0/s1. The van der Waals surface area contributed by atoms with E-state index in [-0.39, 0.29) is 17.9 Å². The molecular formula is C24H29NO3. The van der Waals surface area contributed by atoms with Crippen LogP contribution >= 0.6 is 0 Å². The van der Waals surface area contributed by atoms with Crippen molar-refractivity contribution in [2.75, 3.05) is 26.4 Å². The third-order valence-electron chi connectivity index (χ3n) is 6.13. The smallest absolute Gasteiger partial charge is 0.232 e. The van der Waals surface area contributed by atoms with Crippen LogP contribution in [0.25, 0.3) is 0 Å². The highest BCUT2D eigenvalue weighted by molar-refractivity contribution is 5.87. The van der Waals surface area contributed by atoms with E-state index in [4.69, 9.17) is 9.47 Å². The fraction of sp³-hybridized carbons (Fsp3) is 0.458. The number of carbonyl (C=O) groups is 1. The molecule has 1 amide bonds.